The Bertz CT molecular complexity index is 715. The second kappa shape index (κ2) is 8.05. The van der Waals surface area contributed by atoms with Crippen molar-refractivity contribution >= 4 is 17.3 Å². The molecule has 0 aliphatic carbocycles. The summed E-state index contributed by atoms with van der Waals surface area (Å²) in [5, 5.41) is 14.4. The molecule has 2 rings (SSSR count). The Morgan fingerprint density at radius 1 is 1.21 bits per heavy atom. The van der Waals surface area contributed by atoms with Gasteiger partial charge >= 0.3 is 0 Å². The van der Waals surface area contributed by atoms with Gasteiger partial charge in [0.15, 0.2) is 0 Å². The fraction of sp³-hybridized carbons (Fsp3) is 0.294. The Labute approximate surface area is 140 Å². The molecule has 1 heterocycles. The fourth-order valence-corrected chi connectivity index (χ4v) is 2.36. The molecule has 1 aromatic carbocycles. The summed E-state index contributed by atoms with van der Waals surface area (Å²) in [4.78, 5) is 28.8. The summed E-state index contributed by atoms with van der Waals surface area (Å²) in [6.07, 6.45) is 3.33. The van der Waals surface area contributed by atoms with Gasteiger partial charge in [-0.1, -0.05) is 0 Å². The minimum atomic E-state index is -0.478. The predicted molar refractivity (Wildman–Crippen MR) is 91.9 cm³/mol. The highest BCUT2D eigenvalue weighted by Crippen LogP contribution is 2.26. The van der Waals surface area contributed by atoms with Crippen LogP contribution in [0.15, 0.2) is 42.7 Å². The van der Waals surface area contributed by atoms with Crippen LogP contribution >= 0.6 is 0 Å². The molecular formula is C17H20N4O3. The van der Waals surface area contributed by atoms with Gasteiger partial charge in [0.25, 0.3) is 11.6 Å². The molecule has 0 aliphatic rings. The number of nitrogens with zero attached hydrogens (tertiary/aromatic N) is 3. The van der Waals surface area contributed by atoms with Gasteiger partial charge in [-0.2, -0.15) is 0 Å². The molecule has 0 saturated carbocycles. The highest BCUT2D eigenvalue weighted by Gasteiger charge is 2.19. The van der Waals surface area contributed by atoms with E-state index in [9.17, 15) is 14.9 Å². The first-order valence-corrected chi connectivity index (χ1v) is 7.77. The van der Waals surface area contributed by atoms with Crippen LogP contribution in [0.25, 0.3) is 0 Å². The summed E-state index contributed by atoms with van der Waals surface area (Å²) >= 11 is 0. The lowest BCUT2D eigenvalue weighted by Gasteiger charge is -2.18. The van der Waals surface area contributed by atoms with E-state index in [0.29, 0.717) is 30.9 Å². The van der Waals surface area contributed by atoms with Crippen LogP contribution in [0.3, 0.4) is 0 Å². The fourth-order valence-electron chi connectivity index (χ4n) is 2.36. The third-order valence-electron chi connectivity index (χ3n) is 3.72. The van der Waals surface area contributed by atoms with Crippen molar-refractivity contribution in [2.75, 3.05) is 18.4 Å². The molecule has 0 atom stereocenters. The number of carbonyl (C=O) groups excluding carboxylic acids is 1. The number of nitro groups is 1. The second-order valence-corrected chi connectivity index (χ2v) is 5.18. The number of nitro benzene ring substituents is 1. The zero-order chi connectivity index (χ0) is 17.5. The molecule has 1 aromatic heterocycles. The molecule has 0 radical (unpaired) electrons. The highest BCUT2D eigenvalue weighted by molar-refractivity contribution is 5.95. The van der Waals surface area contributed by atoms with Crippen molar-refractivity contribution in [3.05, 3.63) is 64.0 Å². The predicted octanol–water partition coefficient (Wildman–Crippen LogP) is 3.08. The SMILES string of the molecule is CCN(CC)C(=O)c1ccc(NCc2ccncc2)c([N+](=O)[O-])c1. The van der Waals surface area contributed by atoms with Crippen molar-refractivity contribution in [3.63, 3.8) is 0 Å². The topological polar surface area (TPSA) is 88.4 Å². The number of carbonyl (C=O) groups is 1. The van der Waals surface area contributed by atoms with Crippen LogP contribution in [0.2, 0.25) is 0 Å². The first-order chi connectivity index (χ1) is 11.6. The molecule has 7 heteroatoms. The average Bonchev–Trinajstić information content (AvgIpc) is 2.61. The molecule has 1 N–H and O–H groups in total. The molecular weight excluding hydrogens is 308 g/mol. The summed E-state index contributed by atoms with van der Waals surface area (Å²) < 4.78 is 0. The monoisotopic (exact) mass is 328 g/mol. The maximum Gasteiger partial charge on any atom is 0.293 e. The Morgan fingerprint density at radius 3 is 2.46 bits per heavy atom. The average molecular weight is 328 g/mol. The van der Waals surface area contributed by atoms with Gasteiger partial charge in [0.1, 0.15) is 5.69 Å². The van der Waals surface area contributed by atoms with Crippen LogP contribution in [-0.4, -0.2) is 33.8 Å². The Hall–Kier alpha value is -2.96. The summed E-state index contributed by atoms with van der Waals surface area (Å²) in [5.74, 6) is -0.205. The number of nitrogens with one attached hydrogen (secondary N) is 1. The number of anilines is 1. The number of benzene rings is 1. The van der Waals surface area contributed by atoms with Gasteiger partial charge in [-0.25, -0.2) is 0 Å². The highest BCUT2D eigenvalue weighted by atomic mass is 16.6. The maximum absolute atomic E-state index is 12.3. The lowest BCUT2D eigenvalue weighted by atomic mass is 10.1. The smallest absolute Gasteiger partial charge is 0.293 e. The van der Waals surface area contributed by atoms with Gasteiger partial charge in [0, 0.05) is 43.7 Å². The second-order valence-electron chi connectivity index (χ2n) is 5.18. The van der Waals surface area contributed by atoms with Crippen LogP contribution in [0.1, 0.15) is 29.8 Å². The van der Waals surface area contributed by atoms with Gasteiger partial charge in [-0.05, 0) is 43.7 Å². The van der Waals surface area contributed by atoms with Crippen molar-refractivity contribution in [2.24, 2.45) is 0 Å². The van der Waals surface area contributed by atoms with Gasteiger partial charge in [0.05, 0.1) is 4.92 Å². The van der Waals surface area contributed by atoms with Gasteiger partial charge in [-0.3, -0.25) is 19.9 Å². The van der Waals surface area contributed by atoms with Crippen molar-refractivity contribution in [1.29, 1.82) is 0 Å². The van der Waals surface area contributed by atoms with E-state index in [-0.39, 0.29) is 11.6 Å². The van der Waals surface area contributed by atoms with Crippen LogP contribution < -0.4 is 5.32 Å². The minimum Gasteiger partial charge on any atom is -0.375 e. The quantitative estimate of drug-likeness (QED) is 0.623. The molecule has 0 spiro atoms. The molecule has 1 amide bonds. The van der Waals surface area contributed by atoms with Crippen molar-refractivity contribution < 1.29 is 9.72 Å². The van der Waals surface area contributed by atoms with Crippen LogP contribution in [0.4, 0.5) is 11.4 Å². The number of hydrogen-bond acceptors (Lipinski definition) is 5. The number of amides is 1. The molecule has 0 aliphatic heterocycles. The molecule has 2 aromatic rings. The van der Waals surface area contributed by atoms with Crippen LogP contribution in [0, 0.1) is 10.1 Å². The van der Waals surface area contributed by atoms with E-state index in [1.165, 1.54) is 6.07 Å². The summed E-state index contributed by atoms with van der Waals surface area (Å²) in [5.41, 5.74) is 1.55. The van der Waals surface area contributed by atoms with Crippen molar-refractivity contribution in [1.82, 2.24) is 9.88 Å². The van der Waals surface area contributed by atoms with E-state index in [1.807, 2.05) is 26.0 Å². The van der Waals surface area contributed by atoms with Gasteiger partial charge < -0.3 is 10.2 Å². The number of rotatable bonds is 7. The standard InChI is InChI=1S/C17H20N4O3/c1-3-20(4-2)17(22)14-5-6-15(16(11-14)21(23)24)19-12-13-7-9-18-10-8-13/h5-11,19H,3-4,12H2,1-2H3. The van der Waals surface area contributed by atoms with Gasteiger partial charge in [0.2, 0.25) is 0 Å². The Morgan fingerprint density at radius 2 is 1.88 bits per heavy atom. The molecule has 0 saturated heterocycles. The van der Waals surface area contributed by atoms with Crippen LogP contribution in [-0.2, 0) is 6.54 Å². The van der Waals surface area contributed by atoms with E-state index in [4.69, 9.17) is 0 Å². The van der Waals surface area contributed by atoms with Crippen molar-refractivity contribution in [3.8, 4) is 0 Å². The minimum absolute atomic E-state index is 0.109. The molecule has 0 bridgehead atoms. The third-order valence-corrected chi connectivity index (χ3v) is 3.72. The number of aromatic nitrogens is 1. The Balaban J connectivity index is 2.23. The lowest BCUT2D eigenvalue weighted by Crippen LogP contribution is -2.30. The zero-order valence-electron chi connectivity index (χ0n) is 13.7. The normalized spacial score (nSPS) is 10.2. The van der Waals surface area contributed by atoms with E-state index >= 15 is 0 Å². The molecule has 0 unspecified atom stereocenters. The van der Waals surface area contributed by atoms with Crippen LogP contribution in [0.5, 0.6) is 0 Å². The summed E-state index contributed by atoms with van der Waals surface area (Å²) in [6.45, 7) is 5.31. The lowest BCUT2D eigenvalue weighted by molar-refractivity contribution is -0.384. The largest absolute Gasteiger partial charge is 0.375 e. The van der Waals surface area contributed by atoms with Crippen molar-refractivity contribution in [2.45, 2.75) is 20.4 Å². The number of hydrogen-bond donors (Lipinski definition) is 1. The third kappa shape index (κ3) is 4.07. The number of pyridine rings is 1. The molecule has 126 valence electrons. The van der Waals surface area contributed by atoms with E-state index in [1.54, 1.807) is 29.4 Å². The molecule has 0 fully saturated rings. The summed E-state index contributed by atoms with van der Waals surface area (Å²) in [6, 6.07) is 8.18. The first kappa shape index (κ1) is 17.4. The van der Waals surface area contributed by atoms with E-state index < -0.39 is 4.92 Å². The maximum atomic E-state index is 12.3. The zero-order valence-corrected chi connectivity index (χ0v) is 13.7. The molecule has 7 nitrogen and oxygen atoms in total. The first-order valence-electron chi connectivity index (χ1n) is 7.77. The Kier molecular flexibility index (Phi) is 5.83. The van der Waals surface area contributed by atoms with Gasteiger partial charge in [-0.15, -0.1) is 0 Å². The van der Waals surface area contributed by atoms with E-state index in [2.05, 4.69) is 10.3 Å². The molecule has 24 heavy (non-hydrogen) atoms. The van der Waals surface area contributed by atoms with E-state index in [0.717, 1.165) is 5.56 Å². The summed E-state index contributed by atoms with van der Waals surface area (Å²) in [7, 11) is 0.